The van der Waals surface area contributed by atoms with Gasteiger partial charge in [-0.15, -0.1) is 0 Å². The van der Waals surface area contributed by atoms with E-state index in [9.17, 15) is 0 Å². The normalized spacial score (nSPS) is 13.6. The SMILES string of the molecule is CCOP(N[PH](/N=[PH](/OCC)Oc1ccc(C)cc1)(OCC)Oc1ccc(C)cc1)Oc1ccc(C)cc1. The Morgan fingerprint density at radius 2 is 1.24 bits per heavy atom. The molecule has 0 aliphatic rings. The molecule has 2 unspecified atom stereocenters. The number of hydrogen-bond donors (Lipinski definition) is 1. The zero-order valence-corrected chi connectivity index (χ0v) is 25.8. The van der Waals surface area contributed by atoms with Crippen LogP contribution in [0.15, 0.2) is 77.3 Å². The van der Waals surface area contributed by atoms with Gasteiger partial charge >= 0.3 is 229 Å². The summed E-state index contributed by atoms with van der Waals surface area (Å²) in [7, 11) is -7.54. The Morgan fingerprint density at radius 3 is 1.74 bits per heavy atom. The molecule has 3 aromatic carbocycles. The molecule has 0 heterocycles. The summed E-state index contributed by atoms with van der Waals surface area (Å²) in [6.07, 6.45) is 0. The maximum absolute atomic E-state index is 6.53. The molecule has 0 saturated carbocycles. The van der Waals surface area contributed by atoms with Gasteiger partial charge in [0.25, 0.3) is 0 Å². The number of benzene rings is 3. The topological polar surface area (TPSA) is 79.8 Å². The minimum absolute atomic E-state index is 0.347. The molecule has 38 heavy (non-hydrogen) atoms. The van der Waals surface area contributed by atoms with E-state index in [0.29, 0.717) is 37.1 Å². The van der Waals surface area contributed by atoms with Crippen molar-refractivity contribution in [2.75, 3.05) is 19.8 Å². The van der Waals surface area contributed by atoms with Gasteiger partial charge in [0.2, 0.25) is 0 Å². The number of nitrogens with one attached hydrogen (secondary N) is 1. The number of rotatable bonds is 15. The Labute approximate surface area is 229 Å². The van der Waals surface area contributed by atoms with Crippen LogP contribution in [0.3, 0.4) is 0 Å². The van der Waals surface area contributed by atoms with Crippen LogP contribution < -0.4 is 18.4 Å². The molecule has 2 atom stereocenters. The standard InChI is InChI=1S/C27H39N2O6P3/c1-7-30-36(33-25-16-10-22(4)11-17-25)28-38(32-9-3,35-27-20-14-24(6)15-21-27)29-37(31-8-2)34-26-18-12-23(5)13-19-26/h10-21,28,37-38H,7-9H2,1-6H3. The van der Waals surface area contributed by atoms with Gasteiger partial charge in [-0.3, -0.25) is 0 Å². The Bertz CT molecular complexity index is 1150. The van der Waals surface area contributed by atoms with Crippen molar-refractivity contribution < 1.29 is 27.1 Å². The van der Waals surface area contributed by atoms with Crippen molar-refractivity contribution in [3.63, 3.8) is 0 Å². The Balaban J connectivity index is 2.01. The first-order valence-electron chi connectivity index (χ1n) is 12.7. The van der Waals surface area contributed by atoms with E-state index in [1.807, 2.05) is 114 Å². The van der Waals surface area contributed by atoms with Gasteiger partial charge in [0.05, 0.1) is 0 Å². The Hall–Kier alpha value is -2.01. The van der Waals surface area contributed by atoms with Crippen LogP contribution >= 0.6 is 24.7 Å². The molecule has 0 amide bonds. The summed E-state index contributed by atoms with van der Waals surface area (Å²) < 4.78 is 42.2. The summed E-state index contributed by atoms with van der Waals surface area (Å²) in [6.45, 7) is 13.0. The molecule has 11 heteroatoms. The molecule has 0 aromatic heterocycles. The maximum atomic E-state index is 6.53. The Kier molecular flexibility index (Phi) is 12.5. The third-order valence-corrected chi connectivity index (χ3v) is 11.8. The van der Waals surface area contributed by atoms with Crippen LogP contribution in [-0.2, 0) is 13.6 Å². The zero-order chi connectivity index (χ0) is 27.4. The van der Waals surface area contributed by atoms with Crippen LogP contribution in [0, 0.1) is 20.8 Å². The second-order valence-corrected chi connectivity index (χ2v) is 13.8. The van der Waals surface area contributed by atoms with Gasteiger partial charge < -0.3 is 0 Å². The molecule has 0 fully saturated rings. The van der Waals surface area contributed by atoms with Gasteiger partial charge in [0.1, 0.15) is 0 Å². The fourth-order valence-corrected chi connectivity index (χ4v) is 9.62. The molecule has 3 rings (SSSR count). The van der Waals surface area contributed by atoms with Gasteiger partial charge in [-0.1, -0.05) is 0 Å². The van der Waals surface area contributed by atoms with Crippen molar-refractivity contribution in [1.29, 1.82) is 0 Å². The quantitative estimate of drug-likeness (QED) is 0.180. The van der Waals surface area contributed by atoms with Gasteiger partial charge in [0.15, 0.2) is 0 Å². The number of nitrogens with zero attached hydrogens (tertiary/aromatic N) is 1. The molecule has 0 aliphatic carbocycles. The predicted octanol–water partition coefficient (Wildman–Crippen LogP) is 8.71. The van der Waals surface area contributed by atoms with Crippen LogP contribution in [0.25, 0.3) is 0 Å². The molecule has 0 spiro atoms. The van der Waals surface area contributed by atoms with E-state index < -0.39 is 24.7 Å². The van der Waals surface area contributed by atoms with Crippen LogP contribution in [0.4, 0.5) is 0 Å². The molecular weight excluding hydrogens is 541 g/mol. The van der Waals surface area contributed by atoms with Crippen molar-refractivity contribution in [3.05, 3.63) is 89.5 Å². The van der Waals surface area contributed by atoms with Gasteiger partial charge in [0, 0.05) is 0 Å². The third-order valence-electron chi connectivity index (χ3n) is 5.04. The van der Waals surface area contributed by atoms with Crippen LogP contribution in [-0.4, -0.2) is 19.8 Å². The molecule has 8 nitrogen and oxygen atoms in total. The average Bonchev–Trinajstić information content (AvgIpc) is 2.88. The van der Waals surface area contributed by atoms with E-state index in [-0.39, 0.29) is 0 Å². The fourth-order valence-electron chi connectivity index (χ4n) is 3.17. The van der Waals surface area contributed by atoms with Crippen molar-refractivity contribution >= 4 is 24.7 Å². The second kappa shape index (κ2) is 15.5. The molecule has 0 saturated heterocycles. The minimum atomic E-state index is -3.63. The van der Waals surface area contributed by atoms with E-state index in [1.54, 1.807) is 0 Å². The van der Waals surface area contributed by atoms with Crippen molar-refractivity contribution in [2.24, 2.45) is 4.52 Å². The van der Waals surface area contributed by atoms with Crippen LogP contribution in [0.1, 0.15) is 37.5 Å². The number of hydrogen-bond acceptors (Lipinski definition) is 8. The van der Waals surface area contributed by atoms with E-state index in [1.165, 1.54) is 0 Å². The van der Waals surface area contributed by atoms with E-state index in [0.717, 1.165) is 16.7 Å². The van der Waals surface area contributed by atoms with E-state index in [4.69, 9.17) is 31.7 Å². The van der Waals surface area contributed by atoms with Gasteiger partial charge in [-0.05, 0) is 0 Å². The van der Waals surface area contributed by atoms with Gasteiger partial charge in [-0.25, -0.2) is 0 Å². The van der Waals surface area contributed by atoms with Crippen LogP contribution in [0.5, 0.6) is 17.2 Å². The average molecular weight is 581 g/mol. The summed E-state index contributed by atoms with van der Waals surface area (Å²) in [5.41, 5.74) is 3.39. The first-order chi connectivity index (χ1) is 18.3. The fraction of sp³-hybridized carbons (Fsp3) is 0.333. The number of aryl methyl sites for hydroxylation is 3. The summed E-state index contributed by atoms with van der Waals surface area (Å²) in [5, 5.41) is 0. The van der Waals surface area contributed by atoms with Crippen LogP contribution in [0.2, 0.25) is 0 Å². The second-order valence-electron chi connectivity index (χ2n) is 8.35. The van der Waals surface area contributed by atoms with Gasteiger partial charge in [-0.2, -0.15) is 0 Å². The summed E-state index contributed by atoms with van der Waals surface area (Å²) in [4.78, 5) is 3.39. The monoisotopic (exact) mass is 580 g/mol. The molecule has 3 aromatic rings. The molecule has 0 radical (unpaired) electrons. The van der Waals surface area contributed by atoms with Crippen molar-refractivity contribution in [3.8, 4) is 17.2 Å². The zero-order valence-electron chi connectivity index (χ0n) is 22.9. The molecule has 0 bridgehead atoms. The first-order valence-corrected chi connectivity index (χ1v) is 16.9. The summed E-state index contributed by atoms with van der Waals surface area (Å²) >= 11 is 0. The molecular formula is C27H39N2O6P3. The van der Waals surface area contributed by atoms with Crippen molar-refractivity contribution in [1.82, 2.24) is 4.86 Å². The summed E-state index contributed by atoms with van der Waals surface area (Å²) in [6, 6.07) is 23.3. The molecule has 0 aliphatic heterocycles. The molecule has 208 valence electrons. The Morgan fingerprint density at radius 1 is 0.711 bits per heavy atom. The third kappa shape index (κ3) is 9.94. The summed E-state index contributed by atoms with van der Waals surface area (Å²) in [5.74, 6) is 1.95. The van der Waals surface area contributed by atoms with E-state index in [2.05, 4.69) is 4.86 Å². The predicted molar refractivity (Wildman–Crippen MR) is 159 cm³/mol. The van der Waals surface area contributed by atoms with E-state index >= 15 is 0 Å². The van der Waals surface area contributed by atoms with Crippen molar-refractivity contribution in [2.45, 2.75) is 41.5 Å². The first kappa shape index (κ1) is 30.5. The molecule has 1 N–H and O–H groups in total.